The van der Waals surface area contributed by atoms with Crippen LogP contribution >= 0.6 is 12.2 Å². The number of thiocarbonyl (C=S) groups is 1. The SMILES string of the molecule is NC(=S)c1ccccc1C#CCNC(=O)OCc1ccccc1. The number of hydrogen-bond acceptors (Lipinski definition) is 3. The molecule has 0 aromatic heterocycles. The Balaban J connectivity index is 1.81. The number of amides is 1. The largest absolute Gasteiger partial charge is 0.445 e. The maximum absolute atomic E-state index is 11.6. The molecule has 2 aromatic rings. The quantitative estimate of drug-likeness (QED) is 0.670. The van der Waals surface area contributed by atoms with Gasteiger partial charge in [-0.1, -0.05) is 72.6 Å². The number of hydrogen-bond donors (Lipinski definition) is 2. The Hall–Kier alpha value is -2.84. The summed E-state index contributed by atoms with van der Waals surface area (Å²) in [4.78, 5) is 11.9. The Morgan fingerprint density at radius 2 is 1.83 bits per heavy atom. The van der Waals surface area contributed by atoms with Gasteiger partial charge in [-0.3, -0.25) is 0 Å². The van der Waals surface area contributed by atoms with Gasteiger partial charge in [0.2, 0.25) is 0 Å². The van der Waals surface area contributed by atoms with Crippen molar-refractivity contribution in [1.82, 2.24) is 5.32 Å². The fraction of sp³-hybridized carbons (Fsp3) is 0.111. The molecule has 0 saturated carbocycles. The molecule has 0 saturated heterocycles. The van der Waals surface area contributed by atoms with Crippen molar-refractivity contribution in [2.45, 2.75) is 6.61 Å². The lowest BCUT2D eigenvalue weighted by Gasteiger charge is -2.04. The van der Waals surface area contributed by atoms with Crippen molar-refractivity contribution in [2.75, 3.05) is 6.54 Å². The van der Waals surface area contributed by atoms with Crippen molar-refractivity contribution >= 4 is 23.3 Å². The predicted molar refractivity (Wildman–Crippen MR) is 93.8 cm³/mol. The van der Waals surface area contributed by atoms with Crippen LogP contribution in [0.3, 0.4) is 0 Å². The van der Waals surface area contributed by atoms with Crippen molar-refractivity contribution in [3.8, 4) is 11.8 Å². The average molecular weight is 324 g/mol. The molecule has 0 aliphatic heterocycles. The Morgan fingerprint density at radius 1 is 1.13 bits per heavy atom. The van der Waals surface area contributed by atoms with E-state index in [1.807, 2.05) is 54.6 Å². The molecule has 4 nitrogen and oxygen atoms in total. The highest BCUT2D eigenvalue weighted by atomic mass is 32.1. The predicted octanol–water partition coefficient (Wildman–Crippen LogP) is 2.60. The van der Waals surface area contributed by atoms with Crippen LogP contribution in [0.15, 0.2) is 54.6 Å². The van der Waals surface area contributed by atoms with Gasteiger partial charge in [0.15, 0.2) is 0 Å². The zero-order chi connectivity index (χ0) is 16.5. The molecule has 0 spiro atoms. The molecule has 2 aromatic carbocycles. The number of carbonyl (C=O) groups is 1. The summed E-state index contributed by atoms with van der Waals surface area (Å²) < 4.78 is 5.08. The van der Waals surface area contributed by atoms with Gasteiger partial charge in [0.05, 0.1) is 6.54 Å². The lowest BCUT2D eigenvalue weighted by molar-refractivity contribution is 0.141. The van der Waals surface area contributed by atoms with Crippen LogP contribution in [0.1, 0.15) is 16.7 Å². The molecule has 0 bridgehead atoms. The third kappa shape index (κ3) is 5.46. The summed E-state index contributed by atoms with van der Waals surface area (Å²) >= 11 is 4.97. The van der Waals surface area contributed by atoms with Crippen LogP contribution in [0, 0.1) is 11.8 Å². The summed E-state index contributed by atoms with van der Waals surface area (Å²) in [5, 5.41) is 2.57. The second-order valence-corrected chi connectivity index (χ2v) is 5.07. The second kappa shape index (κ2) is 8.57. The highest BCUT2D eigenvalue weighted by Crippen LogP contribution is 2.06. The standard InChI is InChI=1S/C18H16N2O2S/c19-17(23)16-11-5-4-9-15(16)10-6-12-20-18(21)22-13-14-7-2-1-3-8-14/h1-5,7-9,11H,12-13H2,(H2,19,23)(H,20,21). The van der Waals surface area contributed by atoms with Crippen LogP contribution < -0.4 is 11.1 Å². The molecule has 0 aliphatic carbocycles. The van der Waals surface area contributed by atoms with E-state index in [4.69, 9.17) is 22.7 Å². The maximum Gasteiger partial charge on any atom is 0.408 e. The number of alkyl carbamates (subject to hydrolysis) is 1. The van der Waals surface area contributed by atoms with Gasteiger partial charge in [-0.25, -0.2) is 4.79 Å². The minimum absolute atomic E-state index is 0.180. The van der Waals surface area contributed by atoms with Crippen LogP contribution in [0.2, 0.25) is 0 Å². The summed E-state index contributed by atoms with van der Waals surface area (Å²) in [6.45, 7) is 0.406. The molecule has 116 valence electrons. The van der Waals surface area contributed by atoms with E-state index in [1.165, 1.54) is 0 Å². The van der Waals surface area contributed by atoms with Crippen LogP contribution in [0.4, 0.5) is 4.79 Å². The zero-order valence-corrected chi connectivity index (χ0v) is 13.2. The van der Waals surface area contributed by atoms with Crippen molar-refractivity contribution < 1.29 is 9.53 Å². The van der Waals surface area contributed by atoms with E-state index < -0.39 is 6.09 Å². The summed E-state index contributed by atoms with van der Waals surface area (Å²) in [6.07, 6.45) is -0.509. The molecular weight excluding hydrogens is 308 g/mol. The van der Waals surface area contributed by atoms with Gasteiger partial charge in [0, 0.05) is 11.1 Å². The molecule has 0 unspecified atom stereocenters. The molecule has 23 heavy (non-hydrogen) atoms. The van der Waals surface area contributed by atoms with Crippen molar-refractivity contribution in [3.63, 3.8) is 0 Å². The Labute approximate surface area is 140 Å². The Kier molecular flexibility index (Phi) is 6.16. The zero-order valence-electron chi connectivity index (χ0n) is 12.4. The molecule has 1 amide bonds. The molecule has 0 fully saturated rings. The summed E-state index contributed by atoms with van der Waals surface area (Å²) in [7, 11) is 0. The minimum Gasteiger partial charge on any atom is -0.445 e. The normalized spacial score (nSPS) is 9.39. The monoisotopic (exact) mass is 324 g/mol. The fourth-order valence-corrected chi connectivity index (χ4v) is 2.01. The molecular formula is C18H16N2O2S. The van der Waals surface area contributed by atoms with E-state index in [1.54, 1.807) is 0 Å². The van der Waals surface area contributed by atoms with Crippen molar-refractivity contribution in [1.29, 1.82) is 0 Å². The van der Waals surface area contributed by atoms with Crippen LogP contribution in [-0.4, -0.2) is 17.6 Å². The Bertz CT molecular complexity index is 748. The van der Waals surface area contributed by atoms with Gasteiger partial charge < -0.3 is 15.8 Å². The smallest absolute Gasteiger partial charge is 0.408 e. The number of nitrogens with two attached hydrogens (primary N) is 1. The summed E-state index contributed by atoms with van der Waals surface area (Å²) in [5.74, 6) is 5.78. The van der Waals surface area contributed by atoms with Crippen LogP contribution in [-0.2, 0) is 11.3 Å². The van der Waals surface area contributed by atoms with Crippen LogP contribution in [0.25, 0.3) is 0 Å². The molecule has 0 radical (unpaired) electrons. The first kappa shape index (κ1) is 16.5. The molecule has 0 heterocycles. The van der Waals surface area contributed by atoms with Crippen molar-refractivity contribution in [3.05, 3.63) is 71.3 Å². The molecule has 5 heteroatoms. The molecule has 0 atom stereocenters. The van der Waals surface area contributed by atoms with Crippen molar-refractivity contribution in [2.24, 2.45) is 5.73 Å². The van der Waals surface area contributed by atoms with Gasteiger partial charge >= 0.3 is 6.09 Å². The molecule has 2 rings (SSSR count). The van der Waals surface area contributed by atoms with E-state index in [2.05, 4.69) is 17.2 Å². The molecule has 3 N–H and O–H groups in total. The van der Waals surface area contributed by atoms with Gasteiger partial charge in [-0.15, -0.1) is 0 Å². The first-order valence-corrected chi connectivity index (χ1v) is 7.40. The second-order valence-electron chi connectivity index (χ2n) is 4.63. The van der Waals surface area contributed by atoms with E-state index in [-0.39, 0.29) is 13.2 Å². The van der Waals surface area contributed by atoms with E-state index in [9.17, 15) is 4.79 Å². The first-order chi connectivity index (χ1) is 11.2. The van der Waals surface area contributed by atoms with E-state index in [0.717, 1.165) is 16.7 Å². The number of carbonyl (C=O) groups excluding carboxylic acids is 1. The van der Waals surface area contributed by atoms with Gasteiger partial charge in [-0.05, 0) is 11.6 Å². The number of nitrogens with one attached hydrogen (secondary N) is 1. The first-order valence-electron chi connectivity index (χ1n) is 6.99. The highest BCUT2D eigenvalue weighted by molar-refractivity contribution is 7.80. The topological polar surface area (TPSA) is 64.3 Å². The highest BCUT2D eigenvalue weighted by Gasteiger charge is 2.02. The third-order valence-corrected chi connectivity index (χ3v) is 3.17. The Morgan fingerprint density at radius 3 is 2.57 bits per heavy atom. The van der Waals surface area contributed by atoms with E-state index in [0.29, 0.717) is 4.99 Å². The fourth-order valence-electron chi connectivity index (χ4n) is 1.84. The molecule has 0 aliphatic rings. The van der Waals surface area contributed by atoms with E-state index >= 15 is 0 Å². The number of benzene rings is 2. The average Bonchev–Trinajstić information content (AvgIpc) is 2.58. The van der Waals surface area contributed by atoms with Crippen LogP contribution in [0.5, 0.6) is 0 Å². The lowest BCUT2D eigenvalue weighted by atomic mass is 10.1. The minimum atomic E-state index is -0.509. The maximum atomic E-state index is 11.6. The number of rotatable bonds is 4. The summed E-state index contributed by atoms with van der Waals surface area (Å²) in [6, 6.07) is 16.8. The lowest BCUT2D eigenvalue weighted by Crippen LogP contribution is -2.24. The summed E-state index contributed by atoms with van der Waals surface area (Å²) in [5.41, 5.74) is 8.02. The van der Waals surface area contributed by atoms with Gasteiger partial charge in [0.1, 0.15) is 11.6 Å². The number of ether oxygens (including phenoxy) is 1. The van der Waals surface area contributed by atoms with Gasteiger partial charge in [-0.2, -0.15) is 0 Å². The third-order valence-electron chi connectivity index (χ3n) is 2.95. The van der Waals surface area contributed by atoms with Gasteiger partial charge in [0.25, 0.3) is 0 Å².